The summed E-state index contributed by atoms with van der Waals surface area (Å²) in [5, 5.41) is 35.3. The molecule has 2 rings (SSSR count). The van der Waals surface area contributed by atoms with Gasteiger partial charge < -0.3 is 20.8 Å². The Morgan fingerprint density at radius 2 is 1.73 bits per heavy atom. The number of benzene rings is 2. The van der Waals surface area contributed by atoms with E-state index in [1.165, 1.54) is 12.1 Å². The summed E-state index contributed by atoms with van der Waals surface area (Å²) >= 11 is 0. The number of nitrogens with zero attached hydrogens (tertiary/aromatic N) is 1. The zero-order valence-electron chi connectivity index (χ0n) is 14.0. The lowest BCUT2D eigenvalue weighted by atomic mass is 10.0. The molecule has 0 heterocycles. The maximum atomic E-state index is 11.0. The number of carboxylic acid groups (broad SMARTS) is 1. The van der Waals surface area contributed by atoms with Crippen molar-refractivity contribution in [3.8, 4) is 0 Å². The molecule has 0 saturated heterocycles. The Bertz CT molecular complexity index is 721. The number of aliphatic hydroxyl groups is 1. The number of nitrogens with one attached hydrogen (secondary N) is 2. The van der Waals surface area contributed by atoms with Gasteiger partial charge in [0.05, 0.1) is 17.1 Å². The Balaban J connectivity index is 1.88. The van der Waals surface area contributed by atoms with Gasteiger partial charge in [0.15, 0.2) is 0 Å². The minimum absolute atomic E-state index is 0.0161. The Morgan fingerprint density at radius 3 is 2.31 bits per heavy atom. The van der Waals surface area contributed by atoms with Crippen molar-refractivity contribution in [2.24, 2.45) is 0 Å². The van der Waals surface area contributed by atoms with E-state index in [1.54, 1.807) is 12.1 Å². The van der Waals surface area contributed by atoms with E-state index in [0.29, 0.717) is 13.0 Å². The van der Waals surface area contributed by atoms with Crippen LogP contribution in [-0.4, -0.2) is 39.9 Å². The fourth-order valence-corrected chi connectivity index (χ4v) is 2.55. The molecule has 0 bridgehead atoms. The minimum atomic E-state index is -1.19. The molecular formula is C18H21N3O5. The first kappa shape index (κ1) is 19.4. The van der Waals surface area contributed by atoms with Gasteiger partial charge in [0.2, 0.25) is 0 Å². The van der Waals surface area contributed by atoms with Crippen LogP contribution in [0.25, 0.3) is 0 Å². The van der Waals surface area contributed by atoms with E-state index in [-0.39, 0.29) is 12.2 Å². The Kier molecular flexibility index (Phi) is 7.07. The van der Waals surface area contributed by atoms with Crippen LogP contribution < -0.4 is 10.6 Å². The van der Waals surface area contributed by atoms with E-state index in [9.17, 15) is 20.0 Å². The number of aliphatic hydroxyl groups excluding tert-OH is 1. The molecule has 0 fully saturated rings. The molecule has 0 unspecified atom stereocenters. The summed E-state index contributed by atoms with van der Waals surface area (Å²) in [5.41, 5.74) is 1.76. The van der Waals surface area contributed by atoms with Crippen LogP contribution in [0.4, 0.5) is 10.5 Å². The lowest BCUT2D eigenvalue weighted by Gasteiger charge is -2.23. The van der Waals surface area contributed by atoms with E-state index in [0.717, 1.165) is 11.1 Å². The van der Waals surface area contributed by atoms with Gasteiger partial charge in [0, 0.05) is 25.2 Å². The molecule has 26 heavy (non-hydrogen) atoms. The summed E-state index contributed by atoms with van der Waals surface area (Å²) in [5.74, 6) is 0. The summed E-state index contributed by atoms with van der Waals surface area (Å²) in [4.78, 5) is 21.2. The molecular weight excluding hydrogens is 338 g/mol. The quantitative estimate of drug-likeness (QED) is 0.400. The third kappa shape index (κ3) is 6.15. The number of hydrogen-bond acceptors (Lipinski definition) is 5. The summed E-state index contributed by atoms with van der Waals surface area (Å²) in [6.07, 6.45) is -1.75. The predicted octanol–water partition coefficient (Wildman–Crippen LogP) is 1.92. The van der Waals surface area contributed by atoms with Crippen LogP contribution in [0.1, 0.15) is 11.1 Å². The van der Waals surface area contributed by atoms with Crippen molar-refractivity contribution in [2.45, 2.75) is 25.1 Å². The number of hydrogen-bond donors (Lipinski definition) is 4. The normalized spacial score (nSPS) is 13.0. The van der Waals surface area contributed by atoms with Crippen molar-refractivity contribution in [2.75, 3.05) is 6.54 Å². The van der Waals surface area contributed by atoms with Crippen LogP contribution in [0.15, 0.2) is 54.6 Å². The van der Waals surface area contributed by atoms with Crippen LogP contribution >= 0.6 is 0 Å². The largest absolute Gasteiger partial charge is 0.465 e. The zero-order chi connectivity index (χ0) is 18.9. The van der Waals surface area contributed by atoms with E-state index < -0.39 is 23.2 Å². The maximum Gasteiger partial charge on any atom is 0.404 e. The highest BCUT2D eigenvalue weighted by Gasteiger charge is 2.21. The van der Waals surface area contributed by atoms with Crippen molar-refractivity contribution in [3.63, 3.8) is 0 Å². The summed E-state index contributed by atoms with van der Waals surface area (Å²) in [6.45, 7) is 0.578. The molecule has 0 saturated carbocycles. The monoisotopic (exact) mass is 359 g/mol. The molecule has 2 atom stereocenters. The second-order valence-electron chi connectivity index (χ2n) is 5.87. The van der Waals surface area contributed by atoms with E-state index in [4.69, 9.17) is 5.11 Å². The average Bonchev–Trinajstić information content (AvgIpc) is 2.62. The summed E-state index contributed by atoms with van der Waals surface area (Å²) in [6, 6.07) is 14.8. The van der Waals surface area contributed by atoms with Crippen molar-refractivity contribution in [1.82, 2.24) is 10.6 Å². The molecule has 2 aromatic carbocycles. The topological polar surface area (TPSA) is 125 Å². The van der Waals surface area contributed by atoms with Crippen molar-refractivity contribution < 1.29 is 19.9 Å². The Hall–Kier alpha value is -2.97. The Labute approximate surface area is 150 Å². The first-order valence-electron chi connectivity index (χ1n) is 8.11. The SMILES string of the molecule is O=C(O)N[C@@H](Cc1ccccc1)[C@@H](O)CNCc1ccc([N+](=O)[O-])cc1. The predicted molar refractivity (Wildman–Crippen MR) is 95.9 cm³/mol. The third-order valence-corrected chi connectivity index (χ3v) is 3.90. The fraction of sp³-hybridized carbons (Fsp3) is 0.278. The number of rotatable bonds is 9. The molecule has 0 spiro atoms. The number of non-ortho nitro benzene ring substituents is 1. The van der Waals surface area contributed by atoms with Gasteiger partial charge in [-0.15, -0.1) is 0 Å². The second-order valence-corrected chi connectivity index (χ2v) is 5.87. The number of nitro groups is 1. The molecule has 2 aromatic rings. The van der Waals surface area contributed by atoms with Crippen LogP contribution in [0, 0.1) is 10.1 Å². The zero-order valence-corrected chi connectivity index (χ0v) is 14.0. The molecule has 0 aliphatic carbocycles. The van der Waals surface area contributed by atoms with Crippen molar-refractivity contribution in [1.29, 1.82) is 0 Å². The van der Waals surface area contributed by atoms with Gasteiger partial charge in [-0.05, 0) is 17.5 Å². The first-order chi connectivity index (χ1) is 12.5. The molecule has 0 aliphatic rings. The van der Waals surface area contributed by atoms with Crippen LogP contribution in [0.3, 0.4) is 0 Å². The maximum absolute atomic E-state index is 11.0. The number of amides is 1. The third-order valence-electron chi connectivity index (χ3n) is 3.90. The van der Waals surface area contributed by atoms with Crippen LogP contribution in [0.5, 0.6) is 0 Å². The van der Waals surface area contributed by atoms with Gasteiger partial charge in [-0.3, -0.25) is 10.1 Å². The molecule has 138 valence electrons. The molecule has 0 radical (unpaired) electrons. The van der Waals surface area contributed by atoms with Crippen molar-refractivity contribution in [3.05, 3.63) is 75.8 Å². The fourth-order valence-electron chi connectivity index (χ4n) is 2.55. The molecule has 0 aliphatic heterocycles. The Morgan fingerprint density at radius 1 is 1.08 bits per heavy atom. The smallest absolute Gasteiger partial charge is 0.404 e. The number of nitro benzene ring substituents is 1. The van der Waals surface area contributed by atoms with Gasteiger partial charge in [0.1, 0.15) is 0 Å². The van der Waals surface area contributed by atoms with E-state index in [2.05, 4.69) is 10.6 Å². The highest BCUT2D eigenvalue weighted by molar-refractivity contribution is 5.65. The first-order valence-corrected chi connectivity index (χ1v) is 8.11. The summed E-state index contributed by atoms with van der Waals surface area (Å²) < 4.78 is 0. The minimum Gasteiger partial charge on any atom is -0.465 e. The average molecular weight is 359 g/mol. The number of carbonyl (C=O) groups is 1. The molecule has 1 amide bonds. The standard InChI is InChI=1S/C18H21N3O5/c22-17(12-19-11-14-6-8-15(9-7-14)21(25)26)16(20-18(23)24)10-13-4-2-1-3-5-13/h1-9,16-17,19-20,22H,10-12H2,(H,23,24)/t16-,17-/m0/s1. The van der Waals surface area contributed by atoms with Gasteiger partial charge in [-0.2, -0.15) is 0 Å². The molecule has 8 nitrogen and oxygen atoms in total. The lowest BCUT2D eigenvalue weighted by molar-refractivity contribution is -0.384. The van der Waals surface area contributed by atoms with Crippen LogP contribution in [-0.2, 0) is 13.0 Å². The molecule has 8 heteroatoms. The second kappa shape index (κ2) is 9.50. The van der Waals surface area contributed by atoms with E-state index >= 15 is 0 Å². The van der Waals surface area contributed by atoms with Crippen LogP contribution in [0.2, 0.25) is 0 Å². The highest BCUT2D eigenvalue weighted by Crippen LogP contribution is 2.12. The molecule has 4 N–H and O–H groups in total. The van der Waals surface area contributed by atoms with Gasteiger partial charge in [-0.1, -0.05) is 42.5 Å². The van der Waals surface area contributed by atoms with E-state index in [1.807, 2.05) is 30.3 Å². The lowest BCUT2D eigenvalue weighted by Crippen LogP contribution is -2.48. The van der Waals surface area contributed by atoms with Gasteiger partial charge in [0.25, 0.3) is 5.69 Å². The van der Waals surface area contributed by atoms with Crippen molar-refractivity contribution >= 4 is 11.8 Å². The van der Waals surface area contributed by atoms with Gasteiger partial charge in [-0.25, -0.2) is 4.79 Å². The summed E-state index contributed by atoms with van der Waals surface area (Å²) in [7, 11) is 0. The van der Waals surface area contributed by atoms with Gasteiger partial charge >= 0.3 is 6.09 Å². The highest BCUT2D eigenvalue weighted by atomic mass is 16.6. The molecule has 0 aromatic heterocycles.